The van der Waals surface area contributed by atoms with Gasteiger partial charge in [-0.2, -0.15) is 8.61 Å². The Morgan fingerprint density at radius 1 is 0.556 bits per heavy atom. The van der Waals surface area contributed by atoms with Gasteiger partial charge in [0.1, 0.15) is 0 Å². The molecule has 0 unspecified atom stereocenters. The molecule has 196 valence electrons. The van der Waals surface area contributed by atoms with E-state index in [-0.39, 0.29) is 9.79 Å². The van der Waals surface area contributed by atoms with E-state index in [1.165, 1.54) is 48.5 Å². The number of halogens is 2. The van der Waals surface area contributed by atoms with Crippen LogP contribution in [0.3, 0.4) is 0 Å². The Morgan fingerprint density at radius 3 is 1.06 bits per heavy atom. The molecule has 0 amide bonds. The quantitative estimate of drug-likeness (QED) is 0.463. The number of sulfone groups is 2. The summed E-state index contributed by atoms with van der Waals surface area (Å²) >= 11 is 6.48. The van der Waals surface area contributed by atoms with Gasteiger partial charge in [0, 0.05) is 8.95 Å². The molecular weight excluding hydrogens is 684 g/mol. The summed E-state index contributed by atoms with van der Waals surface area (Å²) in [5.74, 6) is -2.43. The second-order valence-corrected chi connectivity index (χ2v) is 18.8. The van der Waals surface area contributed by atoms with Gasteiger partial charge in [-0.25, -0.2) is 33.7 Å². The van der Waals surface area contributed by atoms with Gasteiger partial charge >= 0.3 is 0 Å². The fourth-order valence-electron chi connectivity index (χ4n) is 5.25. The lowest BCUT2D eigenvalue weighted by molar-refractivity contribution is 0.0841. The van der Waals surface area contributed by atoms with Gasteiger partial charge in [-0.3, -0.25) is 0 Å². The molecule has 0 N–H and O–H groups in total. The molecule has 0 aromatic heterocycles. The minimum Gasteiger partial charge on any atom is -0.229 e. The second-order valence-electron chi connectivity index (χ2n) is 9.00. The van der Waals surface area contributed by atoms with Crippen LogP contribution in [-0.4, -0.2) is 89.5 Å². The first kappa shape index (κ1) is 26.7. The zero-order valence-electron chi connectivity index (χ0n) is 18.3. The molecule has 2 aromatic carbocycles. The minimum atomic E-state index is -4.37. The molecule has 3 saturated heterocycles. The van der Waals surface area contributed by atoms with Gasteiger partial charge in [0.2, 0.25) is 20.0 Å². The average molecular weight is 704 g/mol. The SMILES string of the molecule is O=S1(=O)C[C@@H]2[C@H](C1)N(S(=O)(=O)c1ccc(Br)cc1)[C@H]1CS(=O)(=O)C[C@H]1N2S(=O)(=O)c1ccc(Br)cc1. The third-order valence-corrected chi connectivity index (χ3v) is 15.1. The molecule has 0 spiro atoms. The van der Waals surface area contributed by atoms with Gasteiger partial charge in [0.15, 0.2) is 19.7 Å². The van der Waals surface area contributed by atoms with Crippen molar-refractivity contribution < 1.29 is 33.7 Å². The van der Waals surface area contributed by atoms with Gasteiger partial charge in [0.25, 0.3) is 0 Å². The smallest absolute Gasteiger partial charge is 0.229 e. The Morgan fingerprint density at radius 2 is 0.806 bits per heavy atom. The maximum atomic E-state index is 13.8. The number of piperazine rings is 1. The molecule has 3 aliphatic heterocycles. The first-order chi connectivity index (χ1) is 16.6. The van der Waals surface area contributed by atoms with Crippen LogP contribution < -0.4 is 0 Å². The molecular formula is C20H20Br2N2O8S4. The van der Waals surface area contributed by atoms with Gasteiger partial charge in [0.05, 0.1) is 57.0 Å². The monoisotopic (exact) mass is 702 g/mol. The third-order valence-electron chi connectivity index (χ3n) is 6.67. The molecule has 2 aromatic rings. The number of hydrogen-bond acceptors (Lipinski definition) is 8. The summed E-state index contributed by atoms with van der Waals surface area (Å²) in [6, 6.07) is 6.27. The topological polar surface area (TPSA) is 143 Å². The van der Waals surface area contributed by atoms with Crippen LogP contribution in [0.2, 0.25) is 0 Å². The summed E-state index contributed by atoms with van der Waals surface area (Å²) in [5.41, 5.74) is 0. The molecule has 36 heavy (non-hydrogen) atoms. The molecule has 3 fully saturated rings. The molecule has 10 nitrogen and oxygen atoms in total. The van der Waals surface area contributed by atoms with Crippen LogP contribution in [-0.2, 0) is 39.7 Å². The molecule has 3 aliphatic rings. The van der Waals surface area contributed by atoms with Crippen LogP contribution in [0, 0.1) is 0 Å². The summed E-state index contributed by atoms with van der Waals surface area (Å²) in [5, 5.41) is 0. The number of nitrogens with zero attached hydrogens (tertiary/aromatic N) is 2. The number of rotatable bonds is 4. The molecule has 0 bridgehead atoms. The highest BCUT2D eigenvalue weighted by atomic mass is 79.9. The van der Waals surface area contributed by atoms with Crippen molar-refractivity contribution in [1.29, 1.82) is 0 Å². The number of sulfonamides is 2. The number of hydrogen-bond donors (Lipinski definition) is 0. The van der Waals surface area contributed by atoms with Crippen molar-refractivity contribution in [1.82, 2.24) is 8.61 Å². The van der Waals surface area contributed by atoms with Gasteiger partial charge in [-0.15, -0.1) is 0 Å². The van der Waals surface area contributed by atoms with Crippen LogP contribution >= 0.6 is 31.9 Å². The van der Waals surface area contributed by atoms with Crippen molar-refractivity contribution in [2.75, 3.05) is 23.0 Å². The first-order valence-corrected chi connectivity index (χ1v) is 18.7. The highest BCUT2D eigenvalue weighted by Gasteiger charge is 2.63. The van der Waals surface area contributed by atoms with Gasteiger partial charge in [-0.05, 0) is 48.5 Å². The fraction of sp³-hybridized carbons (Fsp3) is 0.400. The van der Waals surface area contributed by atoms with Crippen molar-refractivity contribution in [3.05, 3.63) is 57.5 Å². The van der Waals surface area contributed by atoms with E-state index >= 15 is 0 Å². The lowest BCUT2D eigenvalue weighted by Crippen LogP contribution is -2.69. The summed E-state index contributed by atoms with van der Waals surface area (Å²) in [7, 11) is -16.4. The second kappa shape index (κ2) is 8.83. The van der Waals surface area contributed by atoms with E-state index in [2.05, 4.69) is 31.9 Å². The lowest BCUT2D eigenvalue weighted by atomic mass is 10.0. The maximum absolute atomic E-state index is 13.8. The highest BCUT2D eigenvalue weighted by molar-refractivity contribution is 9.10. The molecule has 0 saturated carbocycles. The third kappa shape index (κ3) is 4.50. The normalized spacial score (nSPS) is 30.1. The summed E-state index contributed by atoms with van der Waals surface area (Å²) in [6.07, 6.45) is 0. The van der Waals surface area contributed by atoms with Crippen molar-refractivity contribution >= 4 is 71.6 Å². The Balaban J connectivity index is 1.70. The van der Waals surface area contributed by atoms with Crippen molar-refractivity contribution in [3.8, 4) is 0 Å². The van der Waals surface area contributed by atoms with Crippen LogP contribution in [0.15, 0.2) is 67.3 Å². The van der Waals surface area contributed by atoms with E-state index in [4.69, 9.17) is 0 Å². The van der Waals surface area contributed by atoms with Gasteiger partial charge < -0.3 is 0 Å². The van der Waals surface area contributed by atoms with Crippen LogP contribution in [0.5, 0.6) is 0 Å². The lowest BCUT2D eigenvalue weighted by Gasteiger charge is -2.48. The summed E-state index contributed by atoms with van der Waals surface area (Å²) < 4.78 is 110. The Labute approximate surface area is 226 Å². The predicted octanol–water partition coefficient (Wildman–Crippen LogP) is 1.24. The summed E-state index contributed by atoms with van der Waals surface area (Å²) in [4.78, 5) is -0.276. The van der Waals surface area contributed by atoms with E-state index in [0.717, 1.165) is 8.61 Å². The van der Waals surface area contributed by atoms with E-state index in [0.29, 0.717) is 8.95 Å². The van der Waals surface area contributed by atoms with Crippen LogP contribution in [0.25, 0.3) is 0 Å². The average Bonchev–Trinajstić information content (AvgIpc) is 3.24. The minimum absolute atomic E-state index is 0.138. The Hall–Kier alpha value is -0.880. The molecule has 3 heterocycles. The standard InChI is InChI=1S/C20H20Br2N2O8S4/c21-13-1-5-15(6-2-13)35(29,30)23-17-9-33(25,26)11-19(17)24(20-12-34(27,28)10-18(20)23)36(31,32)16-7-3-14(22)4-8-16/h1-8,17-20H,9-12H2/t17-,18-,19+,20+. The van der Waals surface area contributed by atoms with Crippen molar-refractivity contribution in [2.45, 2.75) is 34.0 Å². The largest absolute Gasteiger partial charge is 0.243 e. The van der Waals surface area contributed by atoms with E-state index in [9.17, 15) is 33.7 Å². The zero-order valence-corrected chi connectivity index (χ0v) is 24.7. The van der Waals surface area contributed by atoms with Crippen LogP contribution in [0.4, 0.5) is 0 Å². The van der Waals surface area contributed by atoms with Crippen molar-refractivity contribution in [3.63, 3.8) is 0 Å². The Kier molecular flexibility index (Phi) is 6.55. The molecule has 0 radical (unpaired) electrons. The first-order valence-electron chi connectivity index (χ1n) is 10.6. The van der Waals surface area contributed by atoms with E-state index in [1.54, 1.807) is 0 Å². The molecule has 5 rings (SSSR count). The molecule has 16 heteroatoms. The highest BCUT2D eigenvalue weighted by Crippen LogP contribution is 2.43. The summed E-state index contributed by atoms with van der Waals surface area (Å²) in [6.45, 7) is 0. The zero-order chi connectivity index (χ0) is 26.3. The Bertz CT molecular complexity index is 1480. The number of benzene rings is 2. The van der Waals surface area contributed by atoms with Crippen LogP contribution in [0.1, 0.15) is 0 Å². The molecule has 4 atom stereocenters. The van der Waals surface area contributed by atoms with Gasteiger partial charge in [-0.1, -0.05) is 31.9 Å². The van der Waals surface area contributed by atoms with Crippen molar-refractivity contribution in [2.24, 2.45) is 0 Å². The van der Waals surface area contributed by atoms with E-state index in [1.807, 2.05) is 0 Å². The molecule has 0 aliphatic carbocycles. The maximum Gasteiger partial charge on any atom is 0.243 e. The number of fused-ring (bicyclic) bond motifs is 2. The predicted molar refractivity (Wildman–Crippen MR) is 139 cm³/mol. The van der Waals surface area contributed by atoms with E-state index < -0.39 is 86.9 Å². The fourth-order valence-corrected chi connectivity index (χ4v) is 13.8.